The number of nitrogens with one attached hydrogen (secondary N) is 1. The molecule has 0 aliphatic rings. The van der Waals surface area contributed by atoms with Gasteiger partial charge in [-0.2, -0.15) is 23.1 Å². The van der Waals surface area contributed by atoms with Crippen LogP contribution in [-0.4, -0.2) is 55.5 Å². The van der Waals surface area contributed by atoms with Crippen LogP contribution in [0.3, 0.4) is 0 Å². The highest BCUT2D eigenvalue weighted by Gasteiger charge is 2.38. The number of nitrogens with zero attached hydrogens (tertiary/aromatic N) is 6. The van der Waals surface area contributed by atoms with Crippen molar-refractivity contribution in [2.24, 2.45) is 0 Å². The highest BCUT2D eigenvalue weighted by Crippen LogP contribution is 2.30. The van der Waals surface area contributed by atoms with E-state index in [2.05, 4.69) is 25.3 Å². The van der Waals surface area contributed by atoms with E-state index in [-0.39, 0.29) is 12.0 Å². The Kier molecular flexibility index (Phi) is 5.36. The number of imidazole rings is 1. The third-order valence-electron chi connectivity index (χ3n) is 4.14. The van der Waals surface area contributed by atoms with Gasteiger partial charge in [0.1, 0.15) is 0 Å². The zero-order chi connectivity index (χ0) is 20.5. The Morgan fingerprint density at radius 2 is 2.04 bits per heavy atom. The minimum atomic E-state index is -4.73. The van der Waals surface area contributed by atoms with E-state index in [1.165, 1.54) is 0 Å². The summed E-state index contributed by atoms with van der Waals surface area (Å²) in [5.41, 5.74) is 1.70. The van der Waals surface area contributed by atoms with Crippen LogP contribution in [0.25, 0.3) is 11.2 Å². The van der Waals surface area contributed by atoms with Crippen molar-refractivity contribution in [2.45, 2.75) is 32.2 Å². The molecule has 0 amide bonds. The quantitative estimate of drug-likeness (QED) is 0.663. The Bertz CT molecular complexity index is 943. The van der Waals surface area contributed by atoms with Crippen LogP contribution in [-0.2, 0) is 0 Å². The molecule has 0 aliphatic heterocycles. The molecule has 0 aromatic carbocycles. The van der Waals surface area contributed by atoms with Gasteiger partial charge in [0.15, 0.2) is 23.1 Å². The first-order chi connectivity index (χ1) is 13.2. The Labute approximate surface area is 159 Å². The van der Waals surface area contributed by atoms with Crippen LogP contribution < -0.4 is 10.2 Å². The first-order valence-electron chi connectivity index (χ1n) is 8.55. The van der Waals surface area contributed by atoms with Crippen LogP contribution >= 0.6 is 0 Å². The normalized spacial score (nSPS) is 13.1. The van der Waals surface area contributed by atoms with Crippen molar-refractivity contribution in [2.75, 3.05) is 23.8 Å². The van der Waals surface area contributed by atoms with Crippen molar-refractivity contribution in [1.82, 2.24) is 24.5 Å². The van der Waals surface area contributed by atoms with Crippen molar-refractivity contribution in [3.63, 3.8) is 0 Å². The molecule has 0 bridgehead atoms. The van der Waals surface area contributed by atoms with Crippen LogP contribution in [0.15, 0.2) is 30.9 Å². The number of aliphatic hydroxyl groups is 1. The van der Waals surface area contributed by atoms with Gasteiger partial charge in [-0.1, -0.05) is 0 Å². The first kappa shape index (κ1) is 19.8. The maximum atomic E-state index is 12.6. The molecule has 150 valence electrons. The molecule has 3 aromatic heterocycles. The fourth-order valence-electron chi connectivity index (χ4n) is 2.57. The summed E-state index contributed by atoms with van der Waals surface area (Å²) in [6.07, 6.45) is -2.38. The van der Waals surface area contributed by atoms with E-state index in [4.69, 9.17) is 0 Å². The van der Waals surface area contributed by atoms with Crippen LogP contribution in [0, 0.1) is 0 Å². The summed E-state index contributed by atoms with van der Waals surface area (Å²) in [7, 11) is 1.75. The predicted octanol–water partition coefficient (Wildman–Crippen LogP) is 2.91. The van der Waals surface area contributed by atoms with Crippen molar-refractivity contribution >= 4 is 28.6 Å². The maximum Gasteiger partial charge on any atom is 0.416 e. The van der Waals surface area contributed by atoms with Gasteiger partial charge < -0.3 is 19.9 Å². The zero-order valence-electron chi connectivity index (χ0n) is 15.5. The van der Waals surface area contributed by atoms with Gasteiger partial charge in [-0.3, -0.25) is 4.98 Å². The average Bonchev–Trinajstić information content (AvgIpc) is 3.09. The molecule has 1 unspecified atom stereocenters. The van der Waals surface area contributed by atoms with Gasteiger partial charge in [0, 0.05) is 19.3 Å². The van der Waals surface area contributed by atoms with E-state index in [9.17, 15) is 18.3 Å². The van der Waals surface area contributed by atoms with Gasteiger partial charge in [-0.15, -0.1) is 0 Å². The van der Waals surface area contributed by atoms with Crippen LogP contribution in [0.5, 0.6) is 0 Å². The second-order valence-corrected chi connectivity index (χ2v) is 6.50. The number of aromatic nitrogens is 5. The number of rotatable bonds is 6. The Hall–Kier alpha value is -2.95. The molecule has 3 aromatic rings. The van der Waals surface area contributed by atoms with Crippen molar-refractivity contribution in [1.29, 1.82) is 0 Å². The molecule has 3 rings (SSSR count). The van der Waals surface area contributed by atoms with Gasteiger partial charge in [-0.25, -0.2) is 4.98 Å². The molecule has 3 heterocycles. The summed E-state index contributed by atoms with van der Waals surface area (Å²) in [5.74, 6) is 0.366. The van der Waals surface area contributed by atoms with Crippen molar-refractivity contribution in [3.05, 3.63) is 30.9 Å². The summed E-state index contributed by atoms with van der Waals surface area (Å²) in [5, 5.41) is 11.7. The molecular weight excluding hydrogens is 375 g/mol. The number of anilines is 3. The van der Waals surface area contributed by atoms with Gasteiger partial charge in [-0.05, 0) is 26.0 Å². The molecule has 0 radical (unpaired) electrons. The zero-order valence-corrected chi connectivity index (χ0v) is 15.5. The molecule has 0 saturated heterocycles. The molecular formula is C17H20F3N7O. The SMILES string of the molecule is CC(C)n1cnc2c(N(C)c3cccnc3)nc(NCC(O)C(F)(F)F)nc21. The summed E-state index contributed by atoms with van der Waals surface area (Å²) >= 11 is 0. The highest BCUT2D eigenvalue weighted by molar-refractivity contribution is 5.87. The van der Waals surface area contributed by atoms with Crippen molar-refractivity contribution in [3.8, 4) is 0 Å². The highest BCUT2D eigenvalue weighted by atomic mass is 19.4. The second kappa shape index (κ2) is 7.58. The third-order valence-corrected chi connectivity index (χ3v) is 4.14. The third kappa shape index (κ3) is 3.98. The number of pyridine rings is 1. The molecule has 2 N–H and O–H groups in total. The van der Waals surface area contributed by atoms with E-state index < -0.39 is 18.8 Å². The lowest BCUT2D eigenvalue weighted by Crippen LogP contribution is -2.35. The van der Waals surface area contributed by atoms with Gasteiger partial charge >= 0.3 is 6.18 Å². The van der Waals surface area contributed by atoms with Gasteiger partial charge in [0.05, 0.1) is 24.8 Å². The van der Waals surface area contributed by atoms with E-state index >= 15 is 0 Å². The lowest BCUT2D eigenvalue weighted by Gasteiger charge is -2.20. The monoisotopic (exact) mass is 395 g/mol. The fourth-order valence-corrected chi connectivity index (χ4v) is 2.57. The number of hydrogen-bond donors (Lipinski definition) is 2. The summed E-state index contributed by atoms with van der Waals surface area (Å²) < 4.78 is 39.6. The molecule has 0 fully saturated rings. The molecule has 1 atom stereocenters. The van der Waals surface area contributed by atoms with Gasteiger partial charge in [0.25, 0.3) is 0 Å². The van der Waals surface area contributed by atoms with E-state index in [0.717, 1.165) is 5.69 Å². The van der Waals surface area contributed by atoms with Crippen LogP contribution in [0.2, 0.25) is 0 Å². The molecule has 0 spiro atoms. The molecule has 0 aliphatic carbocycles. The lowest BCUT2D eigenvalue weighted by molar-refractivity contribution is -0.198. The molecule has 8 nitrogen and oxygen atoms in total. The molecule has 28 heavy (non-hydrogen) atoms. The first-order valence-corrected chi connectivity index (χ1v) is 8.55. The number of alkyl halides is 3. The van der Waals surface area contributed by atoms with Gasteiger partial charge in [0.2, 0.25) is 5.95 Å². The fraction of sp³-hybridized carbons (Fsp3) is 0.412. The minimum Gasteiger partial charge on any atom is -0.382 e. The molecule has 0 saturated carbocycles. The minimum absolute atomic E-state index is 0.0325. The Morgan fingerprint density at radius 3 is 2.64 bits per heavy atom. The largest absolute Gasteiger partial charge is 0.416 e. The van der Waals surface area contributed by atoms with E-state index in [1.807, 2.05) is 19.9 Å². The van der Waals surface area contributed by atoms with Crippen LogP contribution in [0.4, 0.5) is 30.6 Å². The summed E-state index contributed by atoms with van der Waals surface area (Å²) in [6.45, 7) is 3.11. The standard InChI is InChI=1S/C17H20F3N7O/c1-10(2)27-9-23-13-14(26(3)11-5-4-6-21-7-11)24-16(25-15(13)27)22-8-12(28)17(18,19)20/h4-7,9-10,12,28H,8H2,1-3H3,(H,22,24,25). The van der Waals surface area contributed by atoms with E-state index in [1.54, 1.807) is 41.3 Å². The Morgan fingerprint density at radius 1 is 1.29 bits per heavy atom. The number of aliphatic hydroxyl groups excluding tert-OH is 1. The van der Waals surface area contributed by atoms with E-state index in [0.29, 0.717) is 17.0 Å². The topological polar surface area (TPSA) is 92.0 Å². The number of halogens is 3. The average molecular weight is 395 g/mol. The second-order valence-electron chi connectivity index (χ2n) is 6.50. The Balaban J connectivity index is 2.04. The smallest absolute Gasteiger partial charge is 0.382 e. The van der Waals surface area contributed by atoms with Crippen LogP contribution in [0.1, 0.15) is 19.9 Å². The predicted molar refractivity (Wildman–Crippen MR) is 98.6 cm³/mol. The lowest BCUT2D eigenvalue weighted by atomic mass is 10.3. The van der Waals surface area contributed by atoms with Crippen molar-refractivity contribution < 1.29 is 18.3 Å². The number of hydrogen-bond acceptors (Lipinski definition) is 7. The summed E-state index contributed by atoms with van der Waals surface area (Å²) in [4.78, 5) is 18.8. The molecule has 11 heteroatoms. The summed E-state index contributed by atoms with van der Waals surface area (Å²) in [6, 6.07) is 3.61. The number of fused-ring (bicyclic) bond motifs is 1. The maximum absolute atomic E-state index is 12.6.